The first-order chi connectivity index (χ1) is 9.33. The fraction of sp³-hybridized carbons (Fsp3) is 0.400. The second-order valence-corrected chi connectivity index (χ2v) is 5.84. The van der Waals surface area contributed by atoms with Crippen LogP contribution in [0.5, 0.6) is 0 Å². The number of benzene rings is 1. The minimum Gasteiger partial charge on any atom is -0.297 e. The van der Waals surface area contributed by atoms with Gasteiger partial charge in [0, 0.05) is 37.6 Å². The van der Waals surface area contributed by atoms with Crippen LogP contribution in [0.25, 0.3) is 0 Å². The van der Waals surface area contributed by atoms with Crippen LogP contribution in [0.2, 0.25) is 0 Å². The summed E-state index contributed by atoms with van der Waals surface area (Å²) in [5.74, 6) is 0. The van der Waals surface area contributed by atoms with Crippen molar-refractivity contribution in [3.8, 4) is 0 Å². The lowest BCUT2D eigenvalue weighted by molar-refractivity contribution is 0.0897. The van der Waals surface area contributed by atoms with E-state index in [1.807, 2.05) is 5.51 Å². The molecule has 0 N–H and O–H groups in total. The standard InChI is InChI=1S/C15H19N3S/c1-17-7-8-18(9-14-11-19-12-16-14)10-15(17)13-5-3-2-4-6-13/h2-6,11-12,15H,7-10H2,1H3/t15-/m0/s1. The smallest absolute Gasteiger partial charge is 0.0795 e. The third-order valence-electron chi connectivity index (χ3n) is 3.79. The van der Waals surface area contributed by atoms with Crippen molar-refractivity contribution >= 4 is 11.3 Å². The molecule has 100 valence electrons. The molecule has 3 rings (SSSR count). The number of thiazole rings is 1. The molecule has 1 aliphatic rings. The molecule has 19 heavy (non-hydrogen) atoms. The average Bonchev–Trinajstić information content (AvgIpc) is 2.95. The summed E-state index contributed by atoms with van der Waals surface area (Å²) < 4.78 is 0. The lowest BCUT2D eigenvalue weighted by Gasteiger charge is -2.39. The van der Waals surface area contributed by atoms with E-state index >= 15 is 0 Å². The monoisotopic (exact) mass is 273 g/mol. The van der Waals surface area contributed by atoms with E-state index in [-0.39, 0.29) is 0 Å². The van der Waals surface area contributed by atoms with Crippen molar-refractivity contribution in [3.63, 3.8) is 0 Å². The molecule has 1 saturated heterocycles. The van der Waals surface area contributed by atoms with Gasteiger partial charge in [0.2, 0.25) is 0 Å². The molecule has 0 unspecified atom stereocenters. The van der Waals surface area contributed by atoms with Crippen LogP contribution in [0.3, 0.4) is 0 Å². The van der Waals surface area contributed by atoms with Crippen molar-refractivity contribution < 1.29 is 0 Å². The van der Waals surface area contributed by atoms with Gasteiger partial charge in [-0.2, -0.15) is 0 Å². The fourth-order valence-corrected chi connectivity index (χ4v) is 3.20. The Morgan fingerprint density at radius 2 is 2.11 bits per heavy atom. The van der Waals surface area contributed by atoms with Crippen molar-refractivity contribution in [1.82, 2.24) is 14.8 Å². The second-order valence-electron chi connectivity index (χ2n) is 5.12. The summed E-state index contributed by atoms with van der Waals surface area (Å²) in [5, 5.41) is 2.15. The number of aromatic nitrogens is 1. The van der Waals surface area contributed by atoms with Gasteiger partial charge >= 0.3 is 0 Å². The van der Waals surface area contributed by atoms with Crippen LogP contribution in [-0.2, 0) is 6.54 Å². The molecule has 0 spiro atoms. The van der Waals surface area contributed by atoms with E-state index in [9.17, 15) is 0 Å². The predicted octanol–water partition coefficient (Wildman–Crippen LogP) is 2.63. The minimum atomic E-state index is 0.494. The summed E-state index contributed by atoms with van der Waals surface area (Å²) in [5.41, 5.74) is 4.52. The van der Waals surface area contributed by atoms with Gasteiger partial charge in [0.05, 0.1) is 11.2 Å². The molecule has 1 aromatic heterocycles. The Morgan fingerprint density at radius 1 is 1.26 bits per heavy atom. The van der Waals surface area contributed by atoms with Crippen LogP contribution >= 0.6 is 11.3 Å². The zero-order valence-corrected chi connectivity index (χ0v) is 12.0. The SMILES string of the molecule is CN1CCN(Cc2cscn2)C[C@H]1c1ccccc1. The number of hydrogen-bond donors (Lipinski definition) is 0. The number of piperazine rings is 1. The number of nitrogens with zero attached hydrogens (tertiary/aromatic N) is 3. The zero-order valence-electron chi connectivity index (χ0n) is 11.2. The quantitative estimate of drug-likeness (QED) is 0.857. The highest BCUT2D eigenvalue weighted by Gasteiger charge is 2.25. The van der Waals surface area contributed by atoms with E-state index in [1.54, 1.807) is 11.3 Å². The molecule has 3 nitrogen and oxygen atoms in total. The van der Waals surface area contributed by atoms with E-state index < -0.39 is 0 Å². The van der Waals surface area contributed by atoms with Gasteiger partial charge in [-0.15, -0.1) is 11.3 Å². The molecule has 0 bridgehead atoms. The molecule has 1 aliphatic heterocycles. The van der Waals surface area contributed by atoms with Crippen molar-refractivity contribution in [1.29, 1.82) is 0 Å². The van der Waals surface area contributed by atoms with Crippen LogP contribution in [0.1, 0.15) is 17.3 Å². The Kier molecular flexibility index (Phi) is 3.92. The third-order valence-corrected chi connectivity index (χ3v) is 4.42. The largest absolute Gasteiger partial charge is 0.297 e. The maximum absolute atomic E-state index is 4.39. The van der Waals surface area contributed by atoms with E-state index in [2.05, 4.69) is 57.5 Å². The molecular weight excluding hydrogens is 254 g/mol. The third kappa shape index (κ3) is 3.03. The Labute approximate surface area is 118 Å². The first-order valence-corrected chi connectivity index (χ1v) is 7.62. The first kappa shape index (κ1) is 12.8. The van der Waals surface area contributed by atoms with E-state index in [0.29, 0.717) is 6.04 Å². The van der Waals surface area contributed by atoms with Crippen molar-refractivity contribution in [2.75, 3.05) is 26.7 Å². The Morgan fingerprint density at radius 3 is 2.84 bits per heavy atom. The molecule has 0 radical (unpaired) electrons. The van der Waals surface area contributed by atoms with Crippen LogP contribution in [0.4, 0.5) is 0 Å². The van der Waals surface area contributed by atoms with Crippen molar-refractivity contribution in [3.05, 3.63) is 52.5 Å². The van der Waals surface area contributed by atoms with Gasteiger partial charge in [-0.05, 0) is 12.6 Å². The summed E-state index contributed by atoms with van der Waals surface area (Å²) in [4.78, 5) is 9.35. The topological polar surface area (TPSA) is 19.4 Å². The van der Waals surface area contributed by atoms with Gasteiger partial charge in [0.25, 0.3) is 0 Å². The second kappa shape index (κ2) is 5.82. The van der Waals surface area contributed by atoms with Crippen LogP contribution < -0.4 is 0 Å². The summed E-state index contributed by atoms with van der Waals surface area (Å²) in [7, 11) is 2.22. The number of rotatable bonds is 3. The van der Waals surface area contributed by atoms with Crippen LogP contribution in [0.15, 0.2) is 41.2 Å². The Hall–Kier alpha value is -1.23. The highest BCUT2D eigenvalue weighted by molar-refractivity contribution is 7.07. The highest BCUT2D eigenvalue weighted by Crippen LogP contribution is 2.24. The van der Waals surface area contributed by atoms with E-state index in [4.69, 9.17) is 0 Å². The molecular formula is C15H19N3S. The summed E-state index contributed by atoms with van der Waals surface area (Å²) >= 11 is 1.68. The molecule has 0 aliphatic carbocycles. The maximum Gasteiger partial charge on any atom is 0.0795 e. The van der Waals surface area contributed by atoms with Crippen LogP contribution in [-0.4, -0.2) is 41.5 Å². The Bertz CT molecular complexity index is 497. The van der Waals surface area contributed by atoms with Crippen LogP contribution in [0, 0.1) is 0 Å². The average molecular weight is 273 g/mol. The lowest BCUT2D eigenvalue weighted by atomic mass is 10.0. The molecule has 1 fully saturated rings. The lowest BCUT2D eigenvalue weighted by Crippen LogP contribution is -2.46. The van der Waals surface area contributed by atoms with Gasteiger partial charge in [-0.1, -0.05) is 30.3 Å². The van der Waals surface area contributed by atoms with E-state index in [1.165, 1.54) is 11.3 Å². The van der Waals surface area contributed by atoms with Gasteiger partial charge in [0.1, 0.15) is 0 Å². The summed E-state index contributed by atoms with van der Waals surface area (Å²) in [6.07, 6.45) is 0. The van der Waals surface area contributed by atoms with Gasteiger partial charge in [0.15, 0.2) is 0 Å². The fourth-order valence-electron chi connectivity index (χ4n) is 2.65. The van der Waals surface area contributed by atoms with Gasteiger partial charge in [-0.25, -0.2) is 4.98 Å². The Balaban J connectivity index is 1.70. The molecule has 2 aromatic rings. The highest BCUT2D eigenvalue weighted by atomic mass is 32.1. The number of likely N-dealkylation sites (N-methyl/N-ethyl adjacent to an activating group) is 1. The molecule has 0 amide bonds. The molecule has 1 aromatic carbocycles. The molecule has 4 heteroatoms. The minimum absolute atomic E-state index is 0.494. The van der Waals surface area contributed by atoms with Crippen molar-refractivity contribution in [2.24, 2.45) is 0 Å². The van der Waals surface area contributed by atoms with Gasteiger partial charge in [-0.3, -0.25) is 9.80 Å². The summed E-state index contributed by atoms with van der Waals surface area (Å²) in [6, 6.07) is 11.3. The zero-order chi connectivity index (χ0) is 13.1. The summed E-state index contributed by atoms with van der Waals surface area (Å²) in [6.45, 7) is 4.29. The molecule has 2 heterocycles. The first-order valence-electron chi connectivity index (χ1n) is 6.67. The maximum atomic E-state index is 4.39. The number of hydrogen-bond acceptors (Lipinski definition) is 4. The van der Waals surface area contributed by atoms with Crippen molar-refractivity contribution in [2.45, 2.75) is 12.6 Å². The molecule has 1 atom stereocenters. The normalized spacial score (nSPS) is 21.6. The van der Waals surface area contributed by atoms with E-state index in [0.717, 1.165) is 26.2 Å². The molecule has 0 saturated carbocycles. The van der Waals surface area contributed by atoms with Gasteiger partial charge < -0.3 is 0 Å². The predicted molar refractivity (Wildman–Crippen MR) is 79.2 cm³/mol.